The van der Waals surface area contributed by atoms with Gasteiger partial charge < -0.3 is 10.4 Å². The molecule has 0 saturated heterocycles. The highest BCUT2D eigenvalue weighted by Gasteiger charge is 2.22. The Morgan fingerprint density at radius 1 is 1.28 bits per heavy atom. The average Bonchev–Trinajstić information content (AvgIpc) is 2.65. The summed E-state index contributed by atoms with van der Waals surface area (Å²) in [5.41, 5.74) is 5.86. The predicted molar refractivity (Wildman–Crippen MR) is 98.3 cm³/mol. The van der Waals surface area contributed by atoms with Crippen LogP contribution < -0.4 is 5.32 Å². The van der Waals surface area contributed by atoms with Crippen LogP contribution in [0.25, 0.3) is 11.3 Å². The second kappa shape index (κ2) is 7.31. The minimum Gasteiger partial charge on any atom is -0.392 e. The van der Waals surface area contributed by atoms with E-state index in [0.29, 0.717) is 12.2 Å². The monoisotopic (exact) mass is 339 g/mol. The van der Waals surface area contributed by atoms with Gasteiger partial charge in [-0.05, 0) is 36.8 Å². The Hall–Kier alpha value is -2.27. The Morgan fingerprint density at radius 3 is 2.76 bits per heavy atom. The first-order chi connectivity index (χ1) is 12.1. The number of amides is 1. The molecule has 0 saturated carbocycles. The summed E-state index contributed by atoms with van der Waals surface area (Å²) in [7, 11) is 0. The molecular formula is C20H25N3O2. The summed E-state index contributed by atoms with van der Waals surface area (Å²) in [6.45, 7) is 5.99. The number of carbonyl (C=O) groups excluding carboxylic acids is 1. The molecular weight excluding hydrogens is 314 g/mol. The Morgan fingerprint density at radius 2 is 2.08 bits per heavy atom. The number of aromatic nitrogens is 2. The van der Waals surface area contributed by atoms with Crippen molar-refractivity contribution in [1.82, 2.24) is 9.97 Å². The lowest BCUT2D eigenvalue weighted by Gasteiger charge is -2.21. The zero-order valence-electron chi connectivity index (χ0n) is 15.1. The summed E-state index contributed by atoms with van der Waals surface area (Å²) in [5, 5.41) is 12.3. The molecule has 1 unspecified atom stereocenters. The number of fused-ring (bicyclic) bond motifs is 3. The summed E-state index contributed by atoms with van der Waals surface area (Å²) < 4.78 is 0. The largest absolute Gasteiger partial charge is 0.392 e. The number of rotatable bonds is 5. The van der Waals surface area contributed by atoms with Crippen LogP contribution in [0.15, 0.2) is 18.2 Å². The first kappa shape index (κ1) is 17.5. The number of carbonyl (C=O) groups is 1. The number of anilines is 1. The van der Waals surface area contributed by atoms with Gasteiger partial charge in [-0.2, -0.15) is 0 Å². The van der Waals surface area contributed by atoms with E-state index in [1.165, 1.54) is 5.56 Å². The summed E-state index contributed by atoms with van der Waals surface area (Å²) in [6.07, 6.45) is 3.17. The molecule has 1 heterocycles. The van der Waals surface area contributed by atoms with E-state index in [1.807, 2.05) is 39.0 Å². The Bertz CT molecular complexity index is 802. The van der Waals surface area contributed by atoms with Gasteiger partial charge in [-0.3, -0.25) is 4.79 Å². The van der Waals surface area contributed by atoms with Crippen molar-refractivity contribution in [3.8, 4) is 11.3 Å². The van der Waals surface area contributed by atoms with Crippen molar-refractivity contribution in [2.24, 2.45) is 5.92 Å². The highest BCUT2D eigenvalue weighted by Crippen LogP contribution is 2.33. The average molecular weight is 339 g/mol. The molecule has 1 aliphatic rings. The third kappa shape index (κ3) is 3.42. The van der Waals surface area contributed by atoms with Crippen LogP contribution in [0, 0.1) is 5.92 Å². The Kier molecular flexibility index (Phi) is 5.13. The molecule has 0 radical (unpaired) electrons. The molecule has 0 aliphatic heterocycles. The predicted octanol–water partition coefficient (Wildman–Crippen LogP) is 3.28. The van der Waals surface area contributed by atoms with Gasteiger partial charge in [0, 0.05) is 11.5 Å². The van der Waals surface area contributed by atoms with Gasteiger partial charge in [-0.1, -0.05) is 39.0 Å². The molecule has 5 nitrogen and oxygen atoms in total. The second-order valence-electron chi connectivity index (χ2n) is 6.62. The zero-order valence-corrected chi connectivity index (χ0v) is 15.1. The maximum Gasteiger partial charge on any atom is 0.228 e. The number of benzene rings is 1. The van der Waals surface area contributed by atoms with Gasteiger partial charge in [0.15, 0.2) is 5.82 Å². The zero-order chi connectivity index (χ0) is 18.0. The molecule has 132 valence electrons. The van der Waals surface area contributed by atoms with Gasteiger partial charge >= 0.3 is 0 Å². The summed E-state index contributed by atoms with van der Waals surface area (Å²) >= 11 is 0. The van der Waals surface area contributed by atoms with Crippen molar-refractivity contribution in [3.05, 3.63) is 40.7 Å². The van der Waals surface area contributed by atoms with E-state index in [9.17, 15) is 9.90 Å². The third-order valence-corrected chi connectivity index (χ3v) is 4.92. The molecule has 2 N–H and O–H groups in total. The van der Waals surface area contributed by atoms with E-state index < -0.39 is 0 Å². The van der Waals surface area contributed by atoms with Crippen molar-refractivity contribution < 1.29 is 9.90 Å². The summed E-state index contributed by atoms with van der Waals surface area (Å²) in [5.74, 6) is 0.553. The van der Waals surface area contributed by atoms with Crippen molar-refractivity contribution >= 4 is 11.7 Å². The lowest BCUT2D eigenvalue weighted by molar-refractivity contribution is -0.119. The fraction of sp³-hybridized carbons (Fsp3) is 0.450. The van der Waals surface area contributed by atoms with E-state index in [4.69, 9.17) is 9.97 Å². The van der Waals surface area contributed by atoms with Crippen LogP contribution in [0.1, 0.15) is 49.7 Å². The Labute approximate surface area is 148 Å². The SMILES string of the molecule is CCc1nc2c(nc1NC(=O)C(C)CC)CCc1cc(CO)ccc1-2. The molecule has 1 amide bonds. The van der Waals surface area contributed by atoms with Crippen molar-refractivity contribution in [2.45, 2.75) is 53.1 Å². The topological polar surface area (TPSA) is 75.1 Å². The Balaban J connectivity index is 2.00. The van der Waals surface area contributed by atoms with Crippen molar-refractivity contribution in [3.63, 3.8) is 0 Å². The number of nitrogens with zero attached hydrogens (tertiary/aromatic N) is 2. The standard InChI is InChI=1S/C20H25N3O2/c1-4-12(3)20(25)23-19-16(5-2)21-18-15-8-6-13(11-24)10-14(15)7-9-17(18)22-19/h6,8,10,12,24H,4-5,7,9,11H2,1-3H3,(H,22,23,25). The number of aliphatic hydroxyl groups excluding tert-OH is 1. The van der Waals surface area contributed by atoms with E-state index in [-0.39, 0.29) is 18.4 Å². The minimum atomic E-state index is -0.0415. The van der Waals surface area contributed by atoms with Crippen LogP contribution in [0.2, 0.25) is 0 Å². The highest BCUT2D eigenvalue weighted by molar-refractivity contribution is 5.92. The molecule has 0 bridgehead atoms. The molecule has 5 heteroatoms. The quantitative estimate of drug-likeness (QED) is 0.876. The number of aliphatic hydroxyl groups is 1. The maximum atomic E-state index is 12.2. The number of aryl methyl sites for hydroxylation is 3. The summed E-state index contributed by atoms with van der Waals surface area (Å²) in [6, 6.07) is 5.99. The number of nitrogens with one attached hydrogen (secondary N) is 1. The second-order valence-corrected chi connectivity index (χ2v) is 6.62. The van der Waals surface area contributed by atoms with Gasteiger partial charge in [0.1, 0.15) is 0 Å². The first-order valence-electron chi connectivity index (χ1n) is 9.01. The van der Waals surface area contributed by atoms with Gasteiger partial charge in [0.2, 0.25) is 5.91 Å². The van der Waals surface area contributed by atoms with Gasteiger partial charge in [-0.15, -0.1) is 0 Å². The smallest absolute Gasteiger partial charge is 0.228 e. The van der Waals surface area contributed by atoms with Gasteiger partial charge in [-0.25, -0.2) is 9.97 Å². The molecule has 0 fully saturated rings. The van der Waals surface area contributed by atoms with Crippen LogP contribution in [-0.4, -0.2) is 21.0 Å². The minimum absolute atomic E-state index is 0.00440. The van der Waals surface area contributed by atoms with Crippen LogP contribution in [0.5, 0.6) is 0 Å². The van der Waals surface area contributed by atoms with Crippen LogP contribution >= 0.6 is 0 Å². The molecule has 0 spiro atoms. The summed E-state index contributed by atoms with van der Waals surface area (Å²) in [4.78, 5) is 21.8. The van der Waals surface area contributed by atoms with Crippen LogP contribution in [0.4, 0.5) is 5.82 Å². The van der Waals surface area contributed by atoms with Crippen LogP contribution in [0.3, 0.4) is 0 Å². The fourth-order valence-electron chi connectivity index (χ4n) is 3.10. The van der Waals surface area contributed by atoms with E-state index >= 15 is 0 Å². The molecule has 1 aromatic carbocycles. The molecule has 1 aliphatic carbocycles. The third-order valence-electron chi connectivity index (χ3n) is 4.92. The fourth-order valence-corrected chi connectivity index (χ4v) is 3.10. The van der Waals surface area contributed by atoms with Crippen molar-refractivity contribution in [1.29, 1.82) is 0 Å². The molecule has 3 rings (SSSR count). The lowest BCUT2D eigenvalue weighted by Crippen LogP contribution is -2.23. The molecule has 25 heavy (non-hydrogen) atoms. The van der Waals surface area contributed by atoms with E-state index in [2.05, 4.69) is 5.32 Å². The van der Waals surface area contributed by atoms with Gasteiger partial charge in [0.25, 0.3) is 0 Å². The van der Waals surface area contributed by atoms with Crippen molar-refractivity contribution in [2.75, 3.05) is 5.32 Å². The molecule has 1 atom stereocenters. The normalized spacial score (nSPS) is 13.8. The maximum absolute atomic E-state index is 12.2. The van der Waals surface area contributed by atoms with E-state index in [1.54, 1.807) is 0 Å². The number of hydrogen-bond donors (Lipinski definition) is 2. The molecule has 2 aromatic rings. The van der Waals surface area contributed by atoms with Crippen LogP contribution in [-0.2, 0) is 30.7 Å². The molecule has 1 aromatic heterocycles. The lowest BCUT2D eigenvalue weighted by atomic mass is 9.90. The highest BCUT2D eigenvalue weighted by atomic mass is 16.3. The number of hydrogen-bond acceptors (Lipinski definition) is 4. The first-order valence-corrected chi connectivity index (χ1v) is 9.01. The van der Waals surface area contributed by atoms with Gasteiger partial charge in [0.05, 0.1) is 23.7 Å². The van der Waals surface area contributed by atoms with E-state index in [0.717, 1.165) is 47.5 Å².